The fraction of sp³-hybridized carbons (Fsp3) is 0.250. The third-order valence-corrected chi connectivity index (χ3v) is 3.38. The number of hydrogen-bond acceptors (Lipinski definition) is 3. The van der Waals surface area contributed by atoms with E-state index in [0.717, 1.165) is 15.8 Å². The molecule has 0 bridgehead atoms. The number of nitrogen functional groups attached to an aromatic ring is 1. The molecule has 2 rings (SSSR count). The third-order valence-electron chi connectivity index (χ3n) is 2.89. The molecule has 0 fully saturated rings. The molecule has 1 atom stereocenters. The molecule has 0 saturated heterocycles. The second kappa shape index (κ2) is 6.29. The van der Waals surface area contributed by atoms with Gasteiger partial charge in [-0.2, -0.15) is 0 Å². The lowest BCUT2D eigenvalue weighted by Gasteiger charge is -2.16. The summed E-state index contributed by atoms with van der Waals surface area (Å²) in [6.45, 7) is 3.94. The summed E-state index contributed by atoms with van der Waals surface area (Å²) >= 11 is 3.39. The summed E-state index contributed by atoms with van der Waals surface area (Å²) in [7, 11) is 0. The lowest BCUT2D eigenvalue weighted by atomic mass is 10.00. The Kier molecular flexibility index (Phi) is 4.68. The maximum atomic E-state index is 10.5. The molecule has 20 heavy (non-hydrogen) atoms. The Hall–Kier alpha value is -1.52. The second-order valence-electron chi connectivity index (χ2n) is 4.91. The standard InChI is InChI=1S/C16H18BrNO2/c1-10(2)20-13-5-3-4-11(8-13)16(19)14-9-12(17)6-7-15(14)18/h3-10,16,19H,18H2,1-2H3. The number of halogens is 1. The van der Waals surface area contributed by atoms with Crippen LogP contribution < -0.4 is 10.5 Å². The fourth-order valence-electron chi connectivity index (χ4n) is 1.99. The van der Waals surface area contributed by atoms with Crippen molar-refractivity contribution in [1.82, 2.24) is 0 Å². The van der Waals surface area contributed by atoms with E-state index in [0.29, 0.717) is 11.3 Å². The van der Waals surface area contributed by atoms with E-state index in [1.807, 2.05) is 50.2 Å². The van der Waals surface area contributed by atoms with Gasteiger partial charge in [-0.15, -0.1) is 0 Å². The van der Waals surface area contributed by atoms with Crippen molar-refractivity contribution in [2.75, 3.05) is 5.73 Å². The minimum absolute atomic E-state index is 0.0957. The topological polar surface area (TPSA) is 55.5 Å². The number of benzene rings is 2. The molecule has 0 aliphatic rings. The molecule has 3 N–H and O–H groups in total. The minimum Gasteiger partial charge on any atom is -0.491 e. The molecule has 0 radical (unpaired) electrons. The normalized spacial score (nSPS) is 12.4. The molecule has 0 heterocycles. The summed E-state index contributed by atoms with van der Waals surface area (Å²) in [6, 6.07) is 12.9. The Morgan fingerprint density at radius 1 is 1.15 bits per heavy atom. The van der Waals surface area contributed by atoms with Crippen molar-refractivity contribution in [1.29, 1.82) is 0 Å². The predicted molar refractivity (Wildman–Crippen MR) is 84.8 cm³/mol. The molecule has 4 heteroatoms. The number of ether oxygens (including phenoxy) is 1. The quantitative estimate of drug-likeness (QED) is 0.833. The summed E-state index contributed by atoms with van der Waals surface area (Å²) in [5, 5.41) is 10.5. The highest BCUT2D eigenvalue weighted by Crippen LogP contribution is 2.30. The van der Waals surface area contributed by atoms with Crippen molar-refractivity contribution in [3.8, 4) is 5.75 Å². The van der Waals surface area contributed by atoms with E-state index in [4.69, 9.17) is 10.5 Å². The van der Waals surface area contributed by atoms with Crippen molar-refractivity contribution in [3.63, 3.8) is 0 Å². The van der Waals surface area contributed by atoms with Crippen LogP contribution in [-0.2, 0) is 0 Å². The van der Waals surface area contributed by atoms with Gasteiger partial charge < -0.3 is 15.6 Å². The Labute approximate surface area is 127 Å². The average Bonchev–Trinajstić information content (AvgIpc) is 2.40. The molecule has 0 spiro atoms. The number of aliphatic hydroxyl groups excluding tert-OH is 1. The molecule has 0 aromatic heterocycles. The molecule has 2 aromatic carbocycles. The molecule has 0 saturated carbocycles. The molecule has 1 unspecified atom stereocenters. The predicted octanol–water partition coefficient (Wildman–Crippen LogP) is 3.90. The fourth-order valence-corrected chi connectivity index (χ4v) is 2.37. The van der Waals surface area contributed by atoms with E-state index in [-0.39, 0.29) is 6.10 Å². The maximum Gasteiger partial charge on any atom is 0.120 e. The zero-order valence-corrected chi connectivity index (χ0v) is 13.1. The maximum absolute atomic E-state index is 10.5. The van der Waals surface area contributed by atoms with E-state index in [2.05, 4.69) is 15.9 Å². The van der Waals surface area contributed by atoms with Gasteiger partial charge in [-0.1, -0.05) is 28.1 Å². The van der Waals surface area contributed by atoms with E-state index in [1.165, 1.54) is 0 Å². The summed E-state index contributed by atoms with van der Waals surface area (Å²) < 4.78 is 6.53. The summed E-state index contributed by atoms with van der Waals surface area (Å²) in [4.78, 5) is 0. The third kappa shape index (κ3) is 3.52. The monoisotopic (exact) mass is 335 g/mol. The summed E-state index contributed by atoms with van der Waals surface area (Å²) in [5.74, 6) is 0.741. The van der Waals surface area contributed by atoms with Gasteiger partial charge in [0.2, 0.25) is 0 Å². The first kappa shape index (κ1) is 14.9. The van der Waals surface area contributed by atoms with Crippen molar-refractivity contribution in [3.05, 3.63) is 58.1 Å². The SMILES string of the molecule is CC(C)Oc1cccc(C(O)c2cc(Br)ccc2N)c1. The van der Waals surface area contributed by atoms with Crippen LogP contribution in [0, 0.1) is 0 Å². The Morgan fingerprint density at radius 2 is 1.90 bits per heavy atom. The molecule has 3 nitrogen and oxygen atoms in total. The van der Waals surface area contributed by atoms with Gasteiger partial charge in [0.1, 0.15) is 11.9 Å². The van der Waals surface area contributed by atoms with Gasteiger partial charge in [0.05, 0.1) is 6.10 Å². The Morgan fingerprint density at radius 3 is 2.60 bits per heavy atom. The van der Waals surface area contributed by atoms with E-state index < -0.39 is 6.10 Å². The minimum atomic E-state index is -0.775. The highest BCUT2D eigenvalue weighted by molar-refractivity contribution is 9.10. The Balaban J connectivity index is 2.33. The van der Waals surface area contributed by atoms with Crippen LogP contribution in [-0.4, -0.2) is 11.2 Å². The highest BCUT2D eigenvalue weighted by atomic mass is 79.9. The second-order valence-corrected chi connectivity index (χ2v) is 5.83. The molecule has 2 aromatic rings. The van der Waals surface area contributed by atoms with Crippen LogP contribution in [0.1, 0.15) is 31.1 Å². The van der Waals surface area contributed by atoms with Crippen LogP contribution in [0.4, 0.5) is 5.69 Å². The first-order valence-corrected chi connectivity index (χ1v) is 7.26. The average molecular weight is 336 g/mol. The number of rotatable bonds is 4. The van der Waals surface area contributed by atoms with Crippen LogP contribution >= 0.6 is 15.9 Å². The first-order valence-electron chi connectivity index (χ1n) is 6.47. The summed E-state index contributed by atoms with van der Waals surface area (Å²) in [6.07, 6.45) is -0.679. The zero-order chi connectivity index (χ0) is 14.7. The van der Waals surface area contributed by atoms with Crippen molar-refractivity contribution in [2.24, 2.45) is 0 Å². The van der Waals surface area contributed by atoms with Crippen molar-refractivity contribution >= 4 is 21.6 Å². The molecular weight excluding hydrogens is 318 g/mol. The van der Waals surface area contributed by atoms with Gasteiger partial charge in [-0.25, -0.2) is 0 Å². The van der Waals surface area contributed by atoms with Crippen molar-refractivity contribution in [2.45, 2.75) is 26.1 Å². The van der Waals surface area contributed by atoms with Gasteiger partial charge >= 0.3 is 0 Å². The van der Waals surface area contributed by atoms with Gasteiger partial charge in [0.15, 0.2) is 0 Å². The summed E-state index contributed by atoms with van der Waals surface area (Å²) in [5.41, 5.74) is 7.94. The van der Waals surface area contributed by atoms with Crippen molar-refractivity contribution < 1.29 is 9.84 Å². The molecule has 106 valence electrons. The molecule has 0 aliphatic carbocycles. The van der Waals surface area contributed by atoms with Crippen LogP contribution in [0.25, 0.3) is 0 Å². The van der Waals surface area contributed by atoms with Crippen LogP contribution in [0.2, 0.25) is 0 Å². The van der Waals surface area contributed by atoms with Crippen LogP contribution in [0.5, 0.6) is 5.75 Å². The molecule has 0 aliphatic heterocycles. The lowest BCUT2D eigenvalue weighted by molar-refractivity contribution is 0.217. The number of hydrogen-bond donors (Lipinski definition) is 2. The Bertz CT molecular complexity index is 599. The highest BCUT2D eigenvalue weighted by Gasteiger charge is 2.14. The van der Waals surface area contributed by atoms with Gasteiger partial charge in [0.25, 0.3) is 0 Å². The number of aliphatic hydroxyl groups is 1. The van der Waals surface area contributed by atoms with Gasteiger partial charge in [-0.05, 0) is 49.7 Å². The van der Waals surface area contributed by atoms with E-state index in [1.54, 1.807) is 6.07 Å². The van der Waals surface area contributed by atoms with Gasteiger partial charge in [0, 0.05) is 15.7 Å². The van der Waals surface area contributed by atoms with Crippen LogP contribution in [0.3, 0.4) is 0 Å². The van der Waals surface area contributed by atoms with E-state index in [9.17, 15) is 5.11 Å². The molecule has 0 amide bonds. The van der Waals surface area contributed by atoms with E-state index >= 15 is 0 Å². The largest absolute Gasteiger partial charge is 0.491 e. The lowest BCUT2D eigenvalue weighted by Crippen LogP contribution is -2.07. The van der Waals surface area contributed by atoms with Gasteiger partial charge in [-0.3, -0.25) is 0 Å². The molecular formula is C16H18BrNO2. The number of nitrogens with two attached hydrogens (primary N) is 1. The zero-order valence-electron chi connectivity index (χ0n) is 11.5. The number of anilines is 1. The van der Waals surface area contributed by atoms with Crippen LogP contribution in [0.15, 0.2) is 46.9 Å². The first-order chi connectivity index (χ1) is 9.47. The smallest absolute Gasteiger partial charge is 0.120 e.